The standard InChI is InChI=1S/C45H48N4S2/c1-47(45-22-18-39(19-23-45)13-15-41-26-31-49(32-27-41)37-43-10-6-3-7-11-43)33-35-51-50-34-28-46-44-20-16-38(17-21-44)12-14-40-24-29-48(30-25-40)36-42-8-4-2-5-9-42/h2-27,29,31,46H,28,30,32-37H2,1H3/b14-12+,15-13+. The molecule has 0 amide bonds. The van der Waals surface area contributed by atoms with Gasteiger partial charge in [0.1, 0.15) is 0 Å². The average molecular weight is 709 g/mol. The van der Waals surface area contributed by atoms with Gasteiger partial charge in [-0.05, 0) is 69.8 Å². The Hall–Kier alpha value is -4.78. The van der Waals surface area contributed by atoms with Gasteiger partial charge in [-0.15, -0.1) is 0 Å². The Balaban J connectivity index is 0.816. The largest absolute Gasteiger partial charge is 0.384 e. The van der Waals surface area contributed by atoms with Gasteiger partial charge in [0.15, 0.2) is 0 Å². The molecule has 0 fully saturated rings. The van der Waals surface area contributed by atoms with E-state index in [0.717, 1.165) is 50.8 Å². The maximum atomic E-state index is 3.56. The Morgan fingerprint density at radius 1 is 0.608 bits per heavy atom. The number of hydrogen-bond acceptors (Lipinski definition) is 6. The SMILES string of the molecule is CN(CCSSCCNc1ccc(/C=C/C2=CCN(Cc3ccccc3)C=C2)cc1)c1ccc(/C=C/C2=CCN(Cc3ccccc3)C=C2)cc1. The van der Waals surface area contributed by atoms with Crippen molar-refractivity contribution in [2.45, 2.75) is 13.1 Å². The third kappa shape index (κ3) is 12.2. The van der Waals surface area contributed by atoms with Crippen molar-refractivity contribution in [1.29, 1.82) is 0 Å². The third-order valence-electron chi connectivity index (χ3n) is 8.82. The first-order valence-corrected chi connectivity index (χ1v) is 20.2. The molecule has 0 atom stereocenters. The Labute approximate surface area is 313 Å². The van der Waals surface area contributed by atoms with Gasteiger partial charge in [0.25, 0.3) is 0 Å². The molecule has 6 rings (SSSR count). The summed E-state index contributed by atoms with van der Waals surface area (Å²) in [5.41, 5.74) is 10.0. The van der Waals surface area contributed by atoms with Gasteiger partial charge in [-0.2, -0.15) is 0 Å². The van der Waals surface area contributed by atoms with Crippen LogP contribution in [-0.4, -0.2) is 54.5 Å². The molecule has 4 aromatic rings. The van der Waals surface area contributed by atoms with E-state index < -0.39 is 0 Å². The predicted octanol–water partition coefficient (Wildman–Crippen LogP) is 10.6. The van der Waals surface area contributed by atoms with Gasteiger partial charge < -0.3 is 20.0 Å². The van der Waals surface area contributed by atoms with E-state index in [1.807, 2.05) is 21.6 Å². The fraction of sp³-hybridized carbons (Fsp3) is 0.200. The zero-order valence-electron chi connectivity index (χ0n) is 29.5. The molecule has 0 unspecified atom stereocenters. The zero-order chi connectivity index (χ0) is 34.9. The smallest absolute Gasteiger partial charge is 0.0427 e. The minimum Gasteiger partial charge on any atom is -0.384 e. The minimum absolute atomic E-state index is 0.931. The number of anilines is 2. The molecule has 51 heavy (non-hydrogen) atoms. The van der Waals surface area contributed by atoms with Crippen LogP contribution in [0.25, 0.3) is 12.2 Å². The van der Waals surface area contributed by atoms with Crippen LogP contribution >= 0.6 is 21.6 Å². The average Bonchev–Trinajstić information content (AvgIpc) is 3.18. The van der Waals surface area contributed by atoms with Gasteiger partial charge in [-0.1, -0.05) is 143 Å². The molecule has 0 spiro atoms. The van der Waals surface area contributed by atoms with Crippen molar-refractivity contribution in [3.63, 3.8) is 0 Å². The predicted molar refractivity (Wildman–Crippen MR) is 226 cm³/mol. The molecule has 2 aliphatic heterocycles. The van der Waals surface area contributed by atoms with Gasteiger partial charge in [0, 0.05) is 81.6 Å². The molecular formula is C45H48N4S2. The summed E-state index contributed by atoms with van der Waals surface area (Å²) in [6, 6.07) is 38.8. The van der Waals surface area contributed by atoms with Crippen molar-refractivity contribution in [1.82, 2.24) is 9.80 Å². The summed E-state index contributed by atoms with van der Waals surface area (Å²) in [5.74, 6) is 2.15. The highest BCUT2D eigenvalue weighted by atomic mass is 33.1. The first-order chi connectivity index (χ1) is 25.2. The highest BCUT2D eigenvalue weighted by Crippen LogP contribution is 2.23. The number of benzene rings is 4. The summed E-state index contributed by atoms with van der Waals surface area (Å²) in [4.78, 5) is 7.00. The van der Waals surface area contributed by atoms with Crippen molar-refractivity contribution in [3.05, 3.63) is 191 Å². The first kappa shape index (κ1) is 36.0. The molecule has 0 aromatic heterocycles. The Morgan fingerprint density at radius 2 is 1.12 bits per heavy atom. The van der Waals surface area contributed by atoms with E-state index in [9.17, 15) is 0 Å². The molecule has 4 nitrogen and oxygen atoms in total. The molecule has 0 aliphatic carbocycles. The normalized spacial score (nSPS) is 14.3. The lowest BCUT2D eigenvalue weighted by atomic mass is 10.1. The Morgan fingerprint density at radius 3 is 1.63 bits per heavy atom. The van der Waals surface area contributed by atoms with Crippen LogP contribution < -0.4 is 10.2 Å². The molecule has 260 valence electrons. The van der Waals surface area contributed by atoms with E-state index in [1.54, 1.807) is 0 Å². The van der Waals surface area contributed by atoms with Crippen LogP contribution in [0.3, 0.4) is 0 Å². The lowest BCUT2D eigenvalue weighted by Gasteiger charge is -2.22. The third-order valence-corrected chi connectivity index (χ3v) is 11.2. The lowest BCUT2D eigenvalue weighted by molar-refractivity contribution is 0.404. The van der Waals surface area contributed by atoms with Crippen LogP contribution in [0.2, 0.25) is 0 Å². The highest BCUT2D eigenvalue weighted by molar-refractivity contribution is 8.76. The Kier molecular flexibility index (Phi) is 13.8. The summed E-state index contributed by atoms with van der Waals surface area (Å²) in [6.07, 6.45) is 22.2. The molecular weight excluding hydrogens is 661 g/mol. The zero-order valence-corrected chi connectivity index (χ0v) is 31.1. The molecule has 0 saturated heterocycles. The van der Waals surface area contributed by atoms with Gasteiger partial charge >= 0.3 is 0 Å². The second-order valence-electron chi connectivity index (χ2n) is 12.7. The van der Waals surface area contributed by atoms with Crippen molar-refractivity contribution >= 4 is 45.1 Å². The number of nitrogens with zero attached hydrogens (tertiary/aromatic N) is 3. The summed E-state index contributed by atoms with van der Waals surface area (Å²) in [6.45, 7) is 5.71. The summed E-state index contributed by atoms with van der Waals surface area (Å²) >= 11 is 0. The number of nitrogens with one attached hydrogen (secondary N) is 1. The quantitative estimate of drug-likeness (QED) is 0.0865. The van der Waals surface area contributed by atoms with Crippen molar-refractivity contribution in [3.8, 4) is 0 Å². The van der Waals surface area contributed by atoms with E-state index in [4.69, 9.17) is 0 Å². The second kappa shape index (κ2) is 19.6. The van der Waals surface area contributed by atoms with E-state index in [1.165, 1.54) is 44.8 Å². The second-order valence-corrected chi connectivity index (χ2v) is 15.4. The monoisotopic (exact) mass is 708 g/mol. The number of allylic oxidation sites excluding steroid dienone is 6. The summed E-state index contributed by atoms with van der Waals surface area (Å²) < 4.78 is 0. The van der Waals surface area contributed by atoms with Crippen molar-refractivity contribution in [2.75, 3.05) is 54.9 Å². The van der Waals surface area contributed by atoms with Gasteiger partial charge in [0.05, 0.1) is 0 Å². The van der Waals surface area contributed by atoms with E-state index in [0.29, 0.717) is 0 Å². The minimum atomic E-state index is 0.931. The first-order valence-electron chi connectivity index (χ1n) is 17.7. The summed E-state index contributed by atoms with van der Waals surface area (Å²) in [5, 5.41) is 3.56. The van der Waals surface area contributed by atoms with Crippen LogP contribution in [0.1, 0.15) is 22.3 Å². The maximum absolute atomic E-state index is 3.56. The molecule has 6 heteroatoms. The maximum Gasteiger partial charge on any atom is 0.0427 e. The van der Waals surface area contributed by atoms with Gasteiger partial charge in [-0.3, -0.25) is 0 Å². The molecule has 4 aromatic carbocycles. The fourth-order valence-electron chi connectivity index (χ4n) is 5.80. The molecule has 2 aliphatic rings. The topological polar surface area (TPSA) is 21.8 Å². The van der Waals surface area contributed by atoms with E-state index >= 15 is 0 Å². The summed E-state index contributed by atoms with van der Waals surface area (Å²) in [7, 11) is 6.06. The number of hydrogen-bond donors (Lipinski definition) is 1. The molecule has 0 radical (unpaired) electrons. The molecule has 0 saturated carbocycles. The van der Waals surface area contributed by atoms with Gasteiger partial charge in [-0.25, -0.2) is 0 Å². The van der Waals surface area contributed by atoms with Crippen LogP contribution in [-0.2, 0) is 13.1 Å². The van der Waals surface area contributed by atoms with Crippen LogP contribution in [0, 0.1) is 0 Å². The Bertz CT molecular complexity index is 1830. The molecule has 0 bridgehead atoms. The van der Waals surface area contributed by atoms with Gasteiger partial charge in [0.2, 0.25) is 0 Å². The lowest BCUT2D eigenvalue weighted by Crippen LogP contribution is -2.19. The number of rotatable bonds is 17. The highest BCUT2D eigenvalue weighted by Gasteiger charge is 2.06. The van der Waals surface area contributed by atoms with Crippen molar-refractivity contribution in [2.24, 2.45) is 0 Å². The van der Waals surface area contributed by atoms with Crippen LogP contribution in [0.4, 0.5) is 11.4 Å². The fourth-order valence-corrected chi connectivity index (χ4v) is 7.75. The molecule has 1 N–H and O–H groups in total. The van der Waals surface area contributed by atoms with E-state index in [-0.39, 0.29) is 0 Å². The van der Waals surface area contributed by atoms with Crippen LogP contribution in [0.5, 0.6) is 0 Å². The van der Waals surface area contributed by atoms with E-state index in [2.05, 4.69) is 197 Å². The van der Waals surface area contributed by atoms with Crippen LogP contribution in [0.15, 0.2) is 169 Å². The molecule has 2 heterocycles. The van der Waals surface area contributed by atoms with Crippen molar-refractivity contribution < 1.29 is 0 Å².